The molecule has 3 nitrogen and oxygen atoms in total. The molecule has 0 aliphatic carbocycles. The fraction of sp³-hybridized carbons (Fsp3) is 0.455. The lowest BCUT2D eigenvalue weighted by atomic mass is 10.1. The number of nitrogens with zero attached hydrogens (tertiary/aromatic N) is 1. The maximum absolute atomic E-state index is 11.3. The molecule has 0 radical (unpaired) electrons. The highest BCUT2D eigenvalue weighted by atomic mass is 16.5. The zero-order valence-corrected chi connectivity index (χ0v) is 8.62. The van der Waals surface area contributed by atoms with Gasteiger partial charge in [0.25, 0.3) is 0 Å². The van der Waals surface area contributed by atoms with Crippen molar-refractivity contribution < 1.29 is 9.53 Å². The van der Waals surface area contributed by atoms with Gasteiger partial charge in [0.2, 0.25) is 5.88 Å². The number of hydrogen-bond donors (Lipinski definition) is 0. The van der Waals surface area contributed by atoms with Gasteiger partial charge in [-0.1, -0.05) is 13.0 Å². The molecule has 1 aromatic rings. The zero-order chi connectivity index (χ0) is 10.4. The van der Waals surface area contributed by atoms with E-state index in [9.17, 15) is 4.79 Å². The monoisotopic (exact) mass is 193 g/mol. The molecule has 0 saturated carbocycles. The Hall–Kier alpha value is -1.38. The number of aromatic nitrogens is 1. The molecule has 0 fully saturated rings. The molecule has 3 heteroatoms. The maximum atomic E-state index is 11.3. The number of methoxy groups -OCH3 is 1. The van der Waals surface area contributed by atoms with Gasteiger partial charge < -0.3 is 4.74 Å². The number of rotatable bonds is 5. The van der Waals surface area contributed by atoms with Crippen molar-refractivity contribution in [2.75, 3.05) is 7.11 Å². The summed E-state index contributed by atoms with van der Waals surface area (Å²) in [5.41, 5.74) is 0.780. The largest absolute Gasteiger partial charge is 0.481 e. The van der Waals surface area contributed by atoms with Gasteiger partial charge in [0.15, 0.2) is 0 Å². The van der Waals surface area contributed by atoms with Gasteiger partial charge in [-0.15, -0.1) is 0 Å². The van der Waals surface area contributed by atoms with Gasteiger partial charge in [-0.3, -0.25) is 4.79 Å². The molecule has 0 bridgehead atoms. The third-order valence-electron chi connectivity index (χ3n) is 1.90. The fourth-order valence-corrected chi connectivity index (χ4v) is 1.24. The van der Waals surface area contributed by atoms with E-state index in [-0.39, 0.29) is 5.78 Å². The summed E-state index contributed by atoms with van der Waals surface area (Å²) >= 11 is 0. The van der Waals surface area contributed by atoms with Crippen LogP contribution in [0.1, 0.15) is 25.5 Å². The highest BCUT2D eigenvalue weighted by Gasteiger charge is 2.04. The number of pyridine rings is 1. The van der Waals surface area contributed by atoms with Crippen LogP contribution in [0.15, 0.2) is 18.2 Å². The van der Waals surface area contributed by atoms with Crippen LogP contribution >= 0.6 is 0 Å². The van der Waals surface area contributed by atoms with Crippen molar-refractivity contribution >= 4 is 5.78 Å². The van der Waals surface area contributed by atoms with Gasteiger partial charge in [-0.25, -0.2) is 4.98 Å². The van der Waals surface area contributed by atoms with Crippen LogP contribution in [0.5, 0.6) is 5.88 Å². The number of carbonyl (C=O) groups is 1. The van der Waals surface area contributed by atoms with Crippen LogP contribution in [0.25, 0.3) is 0 Å². The average molecular weight is 193 g/mol. The van der Waals surface area contributed by atoms with Crippen LogP contribution in [-0.2, 0) is 11.2 Å². The third kappa shape index (κ3) is 3.17. The number of Topliss-reactive ketones (excluding diaryl/α,β-unsaturated/α-hetero) is 1. The smallest absolute Gasteiger partial charge is 0.213 e. The minimum atomic E-state index is 0.230. The molecule has 0 aliphatic rings. The van der Waals surface area contributed by atoms with Crippen LogP contribution in [-0.4, -0.2) is 17.9 Å². The van der Waals surface area contributed by atoms with Gasteiger partial charge in [-0.2, -0.15) is 0 Å². The first-order chi connectivity index (χ1) is 6.76. The number of carbonyl (C=O) groups excluding carboxylic acids is 1. The Kier molecular flexibility index (Phi) is 4.11. The average Bonchev–Trinajstić information content (AvgIpc) is 2.18. The SMILES string of the molecule is CCCC(=O)Cc1cccc(OC)n1. The molecule has 14 heavy (non-hydrogen) atoms. The first-order valence-corrected chi connectivity index (χ1v) is 4.78. The van der Waals surface area contributed by atoms with Gasteiger partial charge >= 0.3 is 0 Å². The van der Waals surface area contributed by atoms with Crippen LogP contribution in [0, 0.1) is 0 Å². The molecular weight excluding hydrogens is 178 g/mol. The quantitative estimate of drug-likeness (QED) is 0.718. The summed E-state index contributed by atoms with van der Waals surface area (Å²) < 4.78 is 4.97. The van der Waals surface area contributed by atoms with E-state index in [4.69, 9.17) is 4.74 Å². The second-order valence-electron chi connectivity index (χ2n) is 3.14. The second-order valence-corrected chi connectivity index (χ2v) is 3.14. The highest BCUT2D eigenvalue weighted by Crippen LogP contribution is 2.08. The van der Waals surface area contributed by atoms with E-state index in [2.05, 4.69) is 4.98 Å². The lowest BCUT2D eigenvalue weighted by Crippen LogP contribution is -2.04. The van der Waals surface area contributed by atoms with Crippen molar-refractivity contribution in [2.45, 2.75) is 26.2 Å². The molecule has 0 saturated heterocycles. The number of hydrogen-bond acceptors (Lipinski definition) is 3. The minimum absolute atomic E-state index is 0.230. The van der Waals surface area contributed by atoms with Gasteiger partial charge in [0.05, 0.1) is 12.8 Å². The lowest BCUT2D eigenvalue weighted by Gasteiger charge is -2.02. The summed E-state index contributed by atoms with van der Waals surface area (Å²) in [5.74, 6) is 0.792. The first kappa shape index (κ1) is 10.7. The van der Waals surface area contributed by atoms with E-state index in [0.717, 1.165) is 12.1 Å². The molecule has 0 atom stereocenters. The van der Waals surface area contributed by atoms with Crippen LogP contribution < -0.4 is 4.74 Å². The normalized spacial score (nSPS) is 9.86. The van der Waals surface area contributed by atoms with Crippen molar-refractivity contribution in [3.63, 3.8) is 0 Å². The molecule has 0 N–H and O–H groups in total. The van der Waals surface area contributed by atoms with Crippen LogP contribution in [0.2, 0.25) is 0 Å². The molecule has 0 unspecified atom stereocenters. The Morgan fingerprint density at radius 1 is 1.50 bits per heavy atom. The van der Waals surface area contributed by atoms with Crippen LogP contribution in [0.3, 0.4) is 0 Å². The Labute approximate surface area is 84.1 Å². The highest BCUT2D eigenvalue weighted by molar-refractivity contribution is 5.80. The lowest BCUT2D eigenvalue weighted by molar-refractivity contribution is -0.118. The molecule has 0 aromatic carbocycles. The summed E-state index contributed by atoms with van der Waals surface area (Å²) in [7, 11) is 1.57. The van der Waals surface area contributed by atoms with E-state index < -0.39 is 0 Å². The Morgan fingerprint density at radius 2 is 2.29 bits per heavy atom. The third-order valence-corrected chi connectivity index (χ3v) is 1.90. The molecular formula is C11H15NO2. The molecule has 76 valence electrons. The standard InChI is InChI=1S/C11H15NO2/c1-3-5-10(13)8-9-6-4-7-11(12-9)14-2/h4,6-7H,3,5,8H2,1-2H3. The maximum Gasteiger partial charge on any atom is 0.213 e. The van der Waals surface area contributed by atoms with Gasteiger partial charge in [0, 0.05) is 18.9 Å². The summed E-state index contributed by atoms with van der Waals surface area (Å²) in [6.07, 6.45) is 1.92. The van der Waals surface area contributed by atoms with Crippen molar-refractivity contribution in [3.05, 3.63) is 23.9 Å². The first-order valence-electron chi connectivity index (χ1n) is 4.78. The van der Waals surface area contributed by atoms with Gasteiger partial charge in [-0.05, 0) is 12.5 Å². The van der Waals surface area contributed by atoms with Crippen molar-refractivity contribution in [3.8, 4) is 5.88 Å². The summed E-state index contributed by atoms with van der Waals surface area (Å²) in [6, 6.07) is 5.46. The zero-order valence-electron chi connectivity index (χ0n) is 8.62. The van der Waals surface area contributed by atoms with Gasteiger partial charge in [0.1, 0.15) is 5.78 Å². The summed E-state index contributed by atoms with van der Waals surface area (Å²) in [5, 5.41) is 0. The molecule has 1 aromatic heterocycles. The molecule has 1 rings (SSSR count). The predicted octanol–water partition coefficient (Wildman–Crippen LogP) is 2.00. The van der Waals surface area contributed by atoms with E-state index in [0.29, 0.717) is 18.7 Å². The van der Waals surface area contributed by atoms with E-state index in [1.165, 1.54) is 0 Å². The Bertz CT molecular complexity index is 310. The molecule has 1 heterocycles. The molecule has 0 aliphatic heterocycles. The fourth-order valence-electron chi connectivity index (χ4n) is 1.24. The van der Waals surface area contributed by atoms with Crippen molar-refractivity contribution in [2.24, 2.45) is 0 Å². The van der Waals surface area contributed by atoms with E-state index >= 15 is 0 Å². The molecule has 0 amide bonds. The topological polar surface area (TPSA) is 39.2 Å². The van der Waals surface area contributed by atoms with E-state index in [1.54, 1.807) is 13.2 Å². The summed E-state index contributed by atoms with van der Waals surface area (Å²) in [4.78, 5) is 15.5. The van der Waals surface area contributed by atoms with Crippen molar-refractivity contribution in [1.82, 2.24) is 4.98 Å². The number of ether oxygens (including phenoxy) is 1. The minimum Gasteiger partial charge on any atom is -0.481 e. The predicted molar refractivity (Wildman–Crippen MR) is 54.4 cm³/mol. The van der Waals surface area contributed by atoms with Crippen molar-refractivity contribution in [1.29, 1.82) is 0 Å². The molecule has 0 spiro atoms. The van der Waals surface area contributed by atoms with Crippen LogP contribution in [0.4, 0.5) is 0 Å². The Morgan fingerprint density at radius 3 is 2.93 bits per heavy atom. The Balaban J connectivity index is 2.62. The van der Waals surface area contributed by atoms with E-state index in [1.807, 2.05) is 19.1 Å². The second kappa shape index (κ2) is 5.37. The summed E-state index contributed by atoms with van der Waals surface area (Å²) in [6.45, 7) is 2.00. The number of ketones is 1.